The Morgan fingerprint density at radius 2 is 2.31 bits per heavy atom. The summed E-state index contributed by atoms with van der Waals surface area (Å²) in [6.45, 7) is 7.07. The summed E-state index contributed by atoms with van der Waals surface area (Å²) in [5.74, 6) is 0.908. The maximum atomic E-state index is 11.9. The highest BCUT2D eigenvalue weighted by atomic mass is 16.5. The number of Topliss-reactive ketones (excluding diaryl/α,β-unsaturated/α-hetero) is 1. The van der Waals surface area contributed by atoms with Gasteiger partial charge in [0.25, 0.3) is 0 Å². The summed E-state index contributed by atoms with van der Waals surface area (Å²) in [6.07, 6.45) is 4.03. The number of carbonyl (C=O) groups is 1. The molecule has 2 heterocycles. The number of hydrogen-bond donors (Lipinski definition) is 0. The molecule has 3 nitrogen and oxygen atoms in total. The molecule has 2 unspecified atom stereocenters. The lowest BCUT2D eigenvalue weighted by atomic mass is 10.0. The summed E-state index contributed by atoms with van der Waals surface area (Å²) < 4.78 is 5.69. The van der Waals surface area contributed by atoms with Gasteiger partial charge in [-0.1, -0.05) is 13.8 Å². The number of hydrogen-bond acceptors (Lipinski definition) is 3. The standard InChI is InChI=1S/C13H23NO2/c1-10(2)5-6-12(15)13-8-14-7-3-4-11(14)9-16-13/h10-11,13H,3-9H2,1-2H3. The molecule has 2 aliphatic heterocycles. The van der Waals surface area contributed by atoms with Crippen LogP contribution in [0.5, 0.6) is 0 Å². The molecule has 92 valence electrons. The average Bonchev–Trinajstić information content (AvgIpc) is 2.72. The van der Waals surface area contributed by atoms with Gasteiger partial charge in [-0.05, 0) is 31.7 Å². The Balaban J connectivity index is 1.79. The van der Waals surface area contributed by atoms with Gasteiger partial charge in [0.1, 0.15) is 6.10 Å². The molecule has 0 radical (unpaired) electrons. The van der Waals surface area contributed by atoms with Crippen molar-refractivity contribution in [2.24, 2.45) is 5.92 Å². The molecule has 2 rings (SSSR count). The molecule has 2 atom stereocenters. The monoisotopic (exact) mass is 225 g/mol. The van der Waals surface area contributed by atoms with Crippen molar-refractivity contribution in [3.63, 3.8) is 0 Å². The normalized spacial score (nSPS) is 30.7. The van der Waals surface area contributed by atoms with Crippen molar-refractivity contribution in [1.29, 1.82) is 0 Å². The molecule has 0 aromatic heterocycles. The van der Waals surface area contributed by atoms with Gasteiger partial charge in [-0.3, -0.25) is 9.69 Å². The molecule has 0 amide bonds. The van der Waals surface area contributed by atoms with Crippen molar-refractivity contribution >= 4 is 5.78 Å². The minimum absolute atomic E-state index is 0.145. The van der Waals surface area contributed by atoms with Gasteiger partial charge in [0.15, 0.2) is 5.78 Å². The van der Waals surface area contributed by atoms with Crippen LogP contribution in [0.15, 0.2) is 0 Å². The van der Waals surface area contributed by atoms with Crippen molar-refractivity contribution < 1.29 is 9.53 Å². The first-order valence-corrected chi connectivity index (χ1v) is 6.55. The molecule has 2 saturated heterocycles. The topological polar surface area (TPSA) is 29.5 Å². The van der Waals surface area contributed by atoms with E-state index in [1.165, 1.54) is 12.8 Å². The van der Waals surface area contributed by atoms with Gasteiger partial charge < -0.3 is 4.74 Å². The van der Waals surface area contributed by atoms with E-state index in [2.05, 4.69) is 18.7 Å². The van der Waals surface area contributed by atoms with Gasteiger partial charge in [0.05, 0.1) is 6.61 Å². The largest absolute Gasteiger partial charge is 0.367 e. The highest BCUT2D eigenvalue weighted by molar-refractivity contribution is 5.83. The summed E-state index contributed by atoms with van der Waals surface area (Å²) in [7, 11) is 0. The van der Waals surface area contributed by atoms with Crippen LogP contribution in [0.1, 0.15) is 39.5 Å². The molecule has 2 aliphatic rings. The van der Waals surface area contributed by atoms with Crippen LogP contribution >= 0.6 is 0 Å². The number of ketones is 1. The second-order valence-electron chi connectivity index (χ2n) is 5.51. The zero-order valence-corrected chi connectivity index (χ0v) is 10.4. The van der Waals surface area contributed by atoms with Crippen molar-refractivity contribution in [3.05, 3.63) is 0 Å². The predicted molar refractivity (Wildman–Crippen MR) is 63.4 cm³/mol. The molecule has 0 aromatic carbocycles. The molecule has 3 heteroatoms. The molecule has 0 aromatic rings. The molecular weight excluding hydrogens is 202 g/mol. The van der Waals surface area contributed by atoms with E-state index in [0.717, 1.165) is 26.1 Å². The Labute approximate surface area is 98.1 Å². The molecule has 0 bridgehead atoms. The summed E-state index contributed by atoms with van der Waals surface area (Å²) in [6, 6.07) is 0.592. The zero-order chi connectivity index (χ0) is 11.5. The van der Waals surface area contributed by atoms with Gasteiger partial charge >= 0.3 is 0 Å². The smallest absolute Gasteiger partial charge is 0.162 e. The predicted octanol–water partition coefficient (Wildman–Crippen LogP) is 1.85. The van der Waals surface area contributed by atoms with Crippen LogP contribution in [0, 0.1) is 5.92 Å². The van der Waals surface area contributed by atoms with E-state index in [-0.39, 0.29) is 6.10 Å². The lowest BCUT2D eigenvalue weighted by Crippen LogP contribution is -2.49. The number of fused-ring (bicyclic) bond motifs is 1. The van der Waals surface area contributed by atoms with Crippen LogP contribution in [0.2, 0.25) is 0 Å². The summed E-state index contributed by atoms with van der Waals surface area (Å²) in [5.41, 5.74) is 0. The lowest BCUT2D eigenvalue weighted by Gasteiger charge is -2.34. The number of morpholine rings is 1. The SMILES string of the molecule is CC(C)CCC(=O)C1CN2CCCC2CO1. The van der Waals surface area contributed by atoms with Crippen LogP contribution in [0.4, 0.5) is 0 Å². The van der Waals surface area contributed by atoms with Crippen molar-refractivity contribution in [3.8, 4) is 0 Å². The van der Waals surface area contributed by atoms with E-state index in [1.807, 2.05) is 0 Å². The van der Waals surface area contributed by atoms with E-state index < -0.39 is 0 Å². The maximum Gasteiger partial charge on any atom is 0.162 e. The molecule has 2 fully saturated rings. The number of ether oxygens (including phenoxy) is 1. The Hall–Kier alpha value is -0.410. The third-order valence-electron chi connectivity index (χ3n) is 3.72. The highest BCUT2D eigenvalue weighted by Crippen LogP contribution is 2.23. The van der Waals surface area contributed by atoms with E-state index in [4.69, 9.17) is 4.74 Å². The van der Waals surface area contributed by atoms with Crippen molar-refractivity contribution in [1.82, 2.24) is 4.90 Å². The van der Waals surface area contributed by atoms with E-state index in [0.29, 0.717) is 24.2 Å². The fourth-order valence-electron chi connectivity index (χ4n) is 2.60. The fraction of sp³-hybridized carbons (Fsp3) is 0.923. The average molecular weight is 225 g/mol. The molecule has 0 N–H and O–H groups in total. The van der Waals surface area contributed by atoms with Gasteiger partial charge in [0.2, 0.25) is 0 Å². The van der Waals surface area contributed by atoms with Crippen LogP contribution in [-0.2, 0) is 9.53 Å². The zero-order valence-electron chi connectivity index (χ0n) is 10.4. The minimum Gasteiger partial charge on any atom is -0.367 e. The van der Waals surface area contributed by atoms with Gasteiger partial charge in [0, 0.05) is 19.0 Å². The first-order valence-electron chi connectivity index (χ1n) is 6.55. The summed E-state index contributed by atoms with van der Waals surface area (Å²) in [5, 5.41) is 0. The molecule has 16 heavy (non-hydrogen) atoms. The first-order chi connectivity index (χ1) is 7.66. The second kappa shape index (κ2) is 5.28. The number of carbonyl (C=O) groups excluding carboxylic acids is 1. The van der Waals surface area contributed by atoms with Gasteiger partial charge in [-0.15, -0.1) is 0 Å². The summed E-state index contributed by atoms with van der Waals surface area (Å²) in [4.78, 5) is 14.4. The molecule has 0 saturated carbocycles. The Bertz CT molecular complexity index is 252. The Kier molecular flexibility index (Phi) is 3.98. The van der Waals surface area contributed by atoms with E-state index >= 15 is 0 Å². The number of nitrogens with zero attached hydrogens (tertiary/aromatic N) is 1. The maximum absolute atomic E-state index is 11.9. The van der Waals surface area contributed by atoms with Crippen LogP contribution in [0.25, 0.3) is 0 Å². The second-order valence-corrected chi connectivity index (χ2v) is 5.51. The quantitative estimate of drug-likeness (QED) is 0.731. The molecule has 0 spiro atoms. The van der Waals surface area contributed by atoms with Gasteiger partial charge in [-0.2, -0.15) is 0 Å². The molecular formula is C13H23NO2. The molecule has 0 aliphatic carbocycles. The third kappa shape index (κ3) is 2.83. The van der Waals surface area contributed by atoms with Gasteiger partial charge in [-0.25, -0.2) is 0 Å². The Morgan fingerprint density at radius 3 is 3.06 bits per heavy atom. The van der Waals surface area contributed by atoms with E-state index in [1.54, 1.807) is 0 Å². The van der Waals surface area contributed by atoms with Crippen molar-refractivity contribution in [2.75, 3.05) is 19.7 Å². The first kappa shape index (κ1) is 12.1. The fourth-order valence-corrected chi connectivity index (χ4v) is 2.60. The van der Waals surface area contributed by atoms with Crippen LogP contribution in [-0.4, -0.2) is 42.5 Å². The van der Waals surface area contributed by atoms with Crippen LogP contribution in [0.3, 0.4) is 0 Å². The number of rotatable bonds is 4. The third-order valence-corrected chi connectivity index (χ3v) is 3.72. The summed E-state index contributed by atoms with van der Waals surface area (Å²) >= 11 is 0. The lowest BCUT2D eigenvalue weighted by molar-refractivity contribution is -0.138. The minimum atomic E-state index is -0.145. The Morgan fingerprint density at radius 1 is 1.50 bits per heavy atom. The van der Waals surface area contributed by atoms with Crippen molar-refractivity contribution in [2.45, 2.75) is 51.7 Å². The van der Waals surface area contributed by atoms with Crippen LogP contribution < -0.4 is 0 Å². The van der Waals surface area contributed by atoms with E-state index in [9.17, 15) is 4.79 Å². The highest BCUT2D eigenvalue weighted by Gasteiger charge is 2.34.